The third-order valence-electron chi connectivity index (χ3n) is 9.26. The van der Waals surface area contributed by atoms with Crippen LogP contribution < -0.4 is 9.64 Å². The first-order valence-electron chi connectivity index (χ1n) is 15.7. The molecule has 2 atom stereocenters. The molecule has 1 N–H and O–H groups in total. The van der Waals surface area contributed by atoms with Crippen LogP contribution in [0.5, 0.6) is 5.75 Å². The fourth-order valence-electron chi connectivity index (χ4n) is 6.79. The van der Waals surface area contributed by atoms with Gasteiger partial charge in [-0.05, 0) is 94.2 Å². The van der Waals surface area contributed by atoms with E-state index in [-0.39, 0.29) is 11.7 Å². The molecule has 4 heterocycles. The average molecular weight is 565 g/mol. The summed E-state index contributed by atoms with van der Waals surface area (Å²) < 4.78 is 26.1. The molecule has 9 heteroatoms. The molecule has 0 spiro atoms. The lowest BCUT2D eigenvalue weighted by atomic mass is 9.90. The van der Waals surface area contributed by atoms with Crippen LogP contribution in [0.2, 0.25) is 0 Å². The number of aromatic nitrogens is 4. The largest absolute Gasteiger partial charge is 0.493 e. The highest BCUT2D eigenvalue weighted by molar-refractivity contribution is 5.29. The summed E-state index contributed by atoms with van der Waals surface area (Å²) in [6.45, 7) is 11.7. The summed E-state index contributed by atoms with van der Waals surface area (Å²) in [5.41, 5.74) is 3.21. The Hall–Kier alpha value is -2.94. The van der Waals surface area contributed by atoms with Crippen LogP contribution in [0.3, 0.4) is 0 Å². The predicted molar refractivity (Wildman–Crippen MR) is 156 cm³/mol. The van der Waals surface area contributed by atoms with Crippen molar-refractivity contribution >= 4 is 6.01 Å². The number of anilines is 1. The Kier molecular flexibility index (Phi) is 8.60. The number of benzene rings is 1. The number of imidazole rings is 1. The monoisotopic (exact) mass is 564 g/mol. The fourth-order valence-corrected chi connectivity index (χ4v) is 6.79. The van der Waals surface area contributed by atoms with Crippen LogP contribution in [0.25, 0.3) is 0 Å². The maximum absolute atomic E-state index is 14.7. The van der Waals surface area contributed by atoms with E-state index >= 15 is 0 Å². The van der Waals surface area contributed by atoms with E-state index < -0.39 is 0 Å². The summed E-state index contributed by atoms with van der Waals surface area (Å²) >= 11 is 0. The number of aryl methyl sites for hydroxylation is 2. The van der Waals surface area contributed by atoms with Gasteiger partial charge in [0.25, 0.3) is 0 Å². The molecule has 2 aromatic heterocycles. The molecule has 3 aromatic rings. The van der Waals surface area contributed by atoms with E-state index in [9.17, 15) is 4.39 Å². The molecule has 8 nitrogen and oxygen atoms in total. The van der Waals surface area contributed by atoms with Crippen molar-refractivity contribution in [2.24, 2.45) is 17.8 Å². The van der Waals surface area contributed by atoms with Crippen molar-refractivity contribution in [3.63, 3.8) is 0 Å². The molecule has 0 radical (unpaired) electrons. The zero-order valence-corrected chi connectivity index (χ0v) is 24.9. The first kappa shape index (κ1) is 28.2. The molecule has 0 amide bonds. The minimum Gasteiger partial charge on any atom is -0.493 e. The maximum Gasteiger partial charge on any atom is 0.324 e. The first-order valence-corrected chi connectivity index (χ1v) is 15.7. The second-order valence-corrected chi connectivity index (χ2v) is 12.7. The van der Waals surface area contributed by atoms with Gasteiger partial charge in [-0.15, -0.1) is 0 Å². The van der Waals surface area contributed by atoms with Gasteiger partial charge < -0.3 is 19.1 Å². The molecule has 222 valence electrons. The topological polar surface area (TPSA) is 83.3 Å². The zero-order valence-electron chi connectivity index (χ0n) is 24.9. The van der Waals surface area contributed by atoms with E-state index in [4.69, 9.17) is 9.26 Å². The van der Waals surface area contributed by atoms with Gasteiger partial charge in [-0.1, -0.05) is 25.1 Å². The molecular weight excluding hydrogens is 519 g/mol. The highest BCUT2D eigenvalue weighted by Crippen LogP contribution is 2.50. The van der Waals surface area contributed by atoms with Crippen LogP contribution in [-0.2, 0) is 19.5 Å². The summed E-state index contributed by atoms with van der Waals surface area (Å²) in [4.78, 5) is 17.1. The third-order valence-corrected chi connectivity index (χ3v) is 9.26. The number of unbranched alkanes of at least 4 members (excludes halogenated alkanes) is 1. The van der Waals surface area contributed by atoms with Crippen molar-refractivity contribution in [2.75, 3.05) is 31.1 Å². The Labute approximate surface area is 243 Å². The smallest absolute Gasteiger partial charge is 0.324 e. The van der Waals surface area contributed by atoms with Crippen molar-refractivity contribution in [3.05, 3.63) is 52.6 Å². The van der Waals surface area contributed by atoms with Gasteiger partial charge in [-0.3, -0.25) is 4.90 Å². The molecule has 1 saturated carbocycles. The average Bonchev–Trinajstić information content (AvgIpc) is 3.22. The van der Waals surface area contributed by atoms with Gasteiger partial charge in [0.1, 0.15) is 17.4 Å². The predicted octanol–water partition coefficient (Wildman–Crippen LogP) is 6.41. The Bertz CT molecular complexity index is 1270. The van der Waals surface area contributed by atoms with Crippen LogP contribution in [-0.4, -0.2) is 51.2 Å². The summed E-state index contributed by atoms with van der Waals surface area (Å²) in [7, 11) is 0. The lowest BCUT2D eigenvalue weighted by Gasteiger charge is -2.30. The Morgan fingerprint density at radius 2 is 1.98 bits per heavy atom. The number of rotatable bonds is 13. The molecule has 3 aliphatic rings. The number of piperidine rings is 1. The lowest BCUT2D eigenvalue weighted by Crippen LogP contribution is -2.34. The number of fused-ring (bicyclic) bond motifs is 1. The van der Waals surface area contributed by atoms with Crippen LogP contribution in [0, 0.1) is 30.5 Å². The maximum atomic E-state index is 14.7. The molecule has 1 aliphatic carbocycles. The van der Waals surface area contributed by atoms with E-state index in [2.05, 4.69) is 43.8 Å². The minimum atomic E-state index is -0.145. The van der Waals surface area contributed by atoms with E-state index in [0.717, 1.165) is 93.4 Å². The molecule has 1 saturated heterocycles. The Morgan fingerprint density at radius 1 is 1.12 bits per heavy atom. The van der Waals surface area contributed by atoms with E-state index in [1.54, 1.807) is 6.07 Å². The summed E-state index contributed by atoms with van der Waals surface area (Å²) in [6, 6.07) is 6.08. The molecule has 2 aliphatic heterocycles. The molecule has 2 fully saturated rings. The van der Waals surface area contributed by atoms with Crippen LogP contribution in [0.15, 0.2) is 22.7 Å². The zero-order chi connectivity index (χ0) is 28.3. The summed E-state index contributed by atoms with van der Waals surface area (Å²) in [5, 5.41) is 4.11. The van der Waals surface area contributed by atoms with Crippen molar-refractivity contribution in [3.8, 4) is 5.75 Å². The number of nitrogens with zero attached hydrogens (tertiary/aromatic N) is 5. The van der Waals surface area contributed by atoms with Crippen molar-refractivity contribution in [1.82, 2.24) is 25.0 Å². The molecule has 0 bridgehead atoms. The van der Waals surface area contributed by atoms with E-state index in [0.29, 0.717) is 18.4 Å². The van der Waals surface area contributed by atoms with Crippen LogP contribution in [0.4, 0.5) is 10.4 Å². The number of aromatic amines is 1. The Morgan fingerprint density at radius 3 is 2.73 bits per heavy atom. The number of hydrogen-bond acceptors (Lipinski definition) is 7. The quantitative estimate of drug-likeness (QED) is 0.240. The number of halogens is 1. The van der Waals surface area contributed by atoms with Gasteiger partial charge >= 0.3 is 6.01 Å². The van der Waals surface area contributed by atoms with Crippen LogP contribution in [0.1, 0.15) is 93.3 Å². The first-order chi connectivity index (χ1) is 19.9. The fraction of sp³-hybridized carbons (Fsp3) is 0.656. The highest BCUT2D eigenvalue weighted by atomic mass is 19.1. The molecule has 1 aromatic carbocycles. The van der Waals surface area contributed by atoms with Crippen molar-refractivity contribution in [1.29, 1.82) is 0 Å². The standard InChI is InChI=1S/C32H45FN6O2/c1-21(2)31-36-32(41-37-31)39-14-11-23(12-15-39)27-17-25(27)8-6-16-40-26-10-9-24(28(33)18-26)7-4-5-13-38-19-29-30(20-38)35-22(3)34-29/h9-10,18,21,23,25,27H,4-8,11-17,19-20H2,1-3H3,(H,34,35)/t25-,27-/m1/s1. The van der Waals surface area contributed by atoms with Gasteiger partial charge in [0.05, 0.1) is 18.0 Å². The second-order valence-electron chi connectivity index (χ2n) is 12.7. The van der Waals surface area contributed by atoms with Gasteiger partial charge in [-0.2, -0.15) is 4.98 Å². The van der Waals surface area contributed by atoms with E-state index in [1.807, 2.05) is 19.1 Å². The highest BCUT2D eigenvalue weighted by Gasteiger charge is 2.43. The van der Waals surface area contributed by atoms with Gasteiger partial charge in [-0.25, -0.2) is 9.37 Å². The number of hydrogen-bond donors (Lipinski definition) is 1. The molecule has 6 rings (SSSR count). The Balaban J connectivity index is 0.836. The van der Waals surface area contributed by atoms with Crippen molar-refractivity contribution < 1.29 is 13.7 Å². The summed E-state index contributed by atoms with van der Waals surface area (Å²) in [6.07, 6.45) is 8.76. The van der Waals surface area contributed by atoms with Crippen molar-refractivity contribution in [2.45, 2.75) is 91.1 Å². The molecular formula is C32H45FN6O2. The number of ether oxygens (including phenoxy) is 1. The SMILES string of the molecule is Cc1nc2c([nH]1)CN(CCCCc1ccc(OCCC[C@@H]3C[C@@H]3C3CCN(c4nc(C(C)C)no4)CC3)cc1F)C2. The van der Waals surface area contributed by atoms with Crippen LogP contribution >= 0.6 is 0 Å². The third kappa shape index (κ3) is 6.93. The normalized spacial score (nSPS) is 21.1. The molecule has 41 heavy (non-hydrogen) atoms. The van der Waals surface area contributed by atoms with E-state index in [1.165, 1.54) is 37.1 Å². The molecule has 0 unspecified atom stereocenters. The summed E-state index contributed by atoms with van der Waals surface area (Å²) in [5.74, 6) is 5.04. The second kappa shape index (κ2) is 12.5. The lowest BCUT2D eigenvalue weighted by molar-refractivity contribution is 0.273. The van der Waals surface area contributed by atoms with Gasteiger partial charge in [0.15, 0.2) is 5.82 Å². The number of nitrogens with one attached hydrogen (secondary N) is 1. The minimum absolute atomic E-state index is 0.145. The van der Waals surface area contributed by atoms with Gasteiger partial charge in [0.2, 0.25) is 0 Å². The van der Waals surface area contributed by atoms with Gasteiger partial charge in [0, 0.05) is 38.2 Å². The number of H-pyrrole nitrogens is 1.